The third-order valence-electron chi connectivity index (χ3n) is 3.12. The maximum Gasteiger partial charge on any atom is 0.241 e. The summed E-state index contributed by atoms with van der Waals surface area (Å²) in [4.78, 5) is 16.0. The van der Waals surface area contributed by atoms with Gasteiger partial charge in [-0.15, -0.1) is 0 Å². The Morgan fingerprint density at radius 1 is 1.33 bits per heavy atom. The van der Waals surface area contributed by atoms with Crippen LogP contribution in [0.2, 0.25) is 0 Å². The molecule has 0 saturated carbocycles. The molecule has 2 rings (SSSR count). The fourth-order valence-electron chi connectivity index (χ4n) is 1.94. The second kappa shape index (κ2) is 5.82. The van der Waals surface area contributed by atoms with Gasteiger partial charge in [0.25, 0.3) is 0 Å². The fraction of sp³-hybridized carbons (Fsp3) is 0.462. The fourth-order valence-corrected chi connectivity index (χ4v) is 1.94. The van der Waals surface area contributed by atoms with Gasteiger partial charge in [-0.25, -0.2) is 4.39 Å². The molecule has 4 nitrogen and oxygen atoms in total. The number of rotatable bonds is 3. The van der Waals surface area contributed by atoms with E-state index in [1.807, 2.05) is 11.9 Å². The molecule has 0 radical (unpaired) electrons. The van der Waals surface area contributed by atoms with E-state index < -0.39 is 0 Å². The number of hydrogen-bond acceptors (Lipinski definition) is 3. The first-order valence-corrected chi connectivity index (χ1v) is 6.11. The van der Waals surface area contributed by atoms with Gasteiger partial charge in [0, 0.05) is 31.9 Å². The van der Waals surface area contributed by atoms with E-state index in [1.54, 1.807) is 12.1 Å². The van der Waals surface area contributed by atoms with Crippen molar-refractivity contribution in [2.45, 2.75) is 0 Å². The summed E-state index contributed by atoms with van der Waals surface area (Å²) < 4.78 is 12.9. The highest BCUT2D eigenvalue weighted by Gasteiger charge is 2.18. The summed E-state index contributed by atoms with van der Waals surface area (Å²) in [5.74, 6) is -0.237. The van der Waals surface area contributed by atoms with Gasteiger partial charge in [-0.2, -0.15) is 0 Å². The molecule has 1 amide bonds. The highest BCUT2D eigenvalue weighted by atomic mass is 19.1. The number of carbonyl (C=O) groups is 1. The molecule has 5 heteroatoms. The van der Waals surface area contributed by atoms with Crippen LogP contribution in [0.15, 0.2) is 24.3 Å². The summed E-state index contributed by atoms with van der Waals surface area (Å²) in [6.45, 7) is 3.56. The first-order chi connectivity index (χ1) is 8.65. The molecule has 0 aromatic heterocycles. The number of hydrogen-bond donors (Lipinski definition) is 1. The Labute approximate surface area is 106 Å². The van der Waals surface area contributed by atoms with Crippen molar-refractivity contribution in [3.63, 3.8) is 0 Å². The normalized spacial score (nSPS) is 16.7. The van der Waals surface area contributed by atoms with Crippen LogP contribution < -0.4 is 5.32 Å². The lowest BCUT2D eigenvalue weighted by Gasteiger charge is -2.32. The molecule has 0 bridgehead atoms. The van der Waals surface area contributed by atoms with Gasteiger partial charge in [-0.05, 0) is 25.2 Å². The molecule has 1 aromatic carbocycles. The average Bonchev–Trinajstić information content (AvgIpc) is 2.37. The van der Waals surface area contributed by atoms with Crippen LogP contribution in [-0.4, -0.2) is 55.5 Å². The van der Waals surface area contributed by atoms with Gasteiger partial charge in [-0.3, -0.25) is 4.79 Å². The molecule has 1 aliphatic rings. The van der Waals surface area contributed by atoms with Crippen molar-refractivity contribution in [1.29, 1.82) is 0 Å². The molecule has 0 unspecified atom stereocenters. The van der Waals surface area contributed by atoms with Gasteiger partial charge in [-0.1, -0.05) is 6.07 Å². The molecule has 18 heavy (non-hydrogen) atoms. The Morgan fingerprint density at radius 3 is 2.72 bits per heavy atom. The molecule has 0 aliphatic carbocycles. The number of amides is 1. The Bertz CT molecular complexity index is 416. The van der Waals surface area contributed by atoms with E-state index in [-0.39, 0.29) is 18.3 Å². The number of anilines is 1. The van der Waals surface area contributed by atoms with E-state index in [4.69, 9.17) is 0 Å². The molecule has 1 aromatic rings. The van der Waals surface area contributed by atoms with Gasteiger partial charge < -0.3 is 15.1 Å². The van der Waals surface area contributed by atoms with Crippen LogP contribution in [0.3, 0.4) is 0 Å². The zero-order chi connectivity index (χ0) is 13.0. The first-order valence-electron chi connectivity index (χ1n) is 6.11. The predicted molar refractivity (Wildman–Crippen MR) is 69.0 cm³/mol. The topological polar surface area (TPSA) is 35.6 Å². The Balaban J connectivity index is 1.81. The van der Waals surface area contributed by atoms with Crippen molar-refractivity contribution < 1.29 is 9.18 Å². The van der Waals surface area contributed by atoms with Crippen molar-refractivity contribution in [2.75, 3.05) is 45.1 Å². The SMILES string of the molecule is CN1CCN(C(=O)CNc2cccc(F)c2)CC1. The molecule has 1 N–H and O–H groups in total. The van der Waals surface area contributed by atoms with Crippen LogP contribution >= 0.6 is 0 Å². The summed E-state index contributed by atoms with van der Waals surface area (Å²) >= 11 is 0. The maximum absolute atomic E-state index is 12.9. The number of benzene rings is 1. The minimum absolute atomic E-state index is 0.0624. The van der Waals surface area contributed by atoms with E-state index in [0.29, 0.717) is 5.69 Å². The monoisotopic (exact) mass is 251 g/mol. The van der Waals surface area contributed by atoms with Gasteiger partial charge in [0.1, 0.15) is 5.82 Å². The number of carbonyl (C=O) groups excluding carboxylic acids is 1. The van der Waals surface area contributed by atoms with E-state index in [2.05, 4.69) is 10.2 Å². The largest absolute Gasteiger partial charge is 0.376 e. The standard InChI is InChI=1S/C13H18FN3O/c1-16-5-7-17(8-6-16)13(18)10-15-12-4-2-3-11(14)9-12/h2-4,9,15H,5-8,10H2,1H3. The van der Waals surface area contributed by atoms with Gasteiger partial charge in [0.05, 0.1) is 6.54 Å². The third-order valence-corrected chi connectivity index (χ3v) is 3.12. The van der Waals surface area contributed by atoms with Crippen molar-refractivity contribution in [3.05, 3.63) is 30.1 Å². The maximum atomic E-state index is 12.9. The van der Waals surface area contributed by atoms with Gasteiger partial charge in [0.2, 0.25) is 5.91 Å². The van der Waals surface area contributed by atoms with Crippen LogP contribution in [0.4, 0.5) is 10.1 Å². The number of nitrogens with zero attached hydrogens (tertiary/aromatic N) is 2. The molecule has 1 saturated heterocycles. The zero-order valence-corrected chi connectivity index (χ0v) is 10.5. The Hall–Kier alpha value is -1.62. The smallest absolute Gasteiger partial charge is 0.241 e. The van der Waals surface area contributed by atoms with Crippen molar-refractivity contribution in [3.8, 4) is 0 Å². The van der Waals surface area contributed by atoms with Crippen LogP contribution in [0, 0.1) is 5.82 Å². The second-order valence-corrected chi connectivity index (χ2v) is 4.55. The van der Waals surface area contributed by atoms with Crippen molar-refractivity contribution >= 4 is 11.6 Å². The predicted octanol–water partition coefficient (Wildman–Crippen LogP) is 1.01. The number of likely N-dealkylation sites (N-methyl/N-ethyl adjacent to an activating group) is 1. The molecule has 0 atom stereocenters. The highest BCUT2D eigenvalue weighted by molar-refractivity contribution is 5.81. The molecule has 1 fully saturated rings. The van der Waals surface area contributed by atoms with Crippen LogP contribution in [0.25, 0.3) is 0 Å². The molecule has 1 aliphatic heterocycles. The van der Waals surface area contributed by atoms with E-state index >= 15 is 0 Å². The molecular formula is C13H18FN3O. The quantitative estimate of drug-likeness (QED) is 0.871. The van der Waals surface area contributed by atoms with Crippen molar-refractivity contribution in [2.24, 2.45) is 0 Å². The minimum Gasteiger partial charge on any atom is -0.376 e. The molecule has 98 valence electrons. The lowest BCUT2D eigenvalue weighted by Crippen LogP contribution is -2.48. The first kappa shape index (κ1) is 12.8. The van der Waals surface area contributed by atoms with E-state index in [0.717, 1.165) is 26.2 Å². The Kier molecular flexibility index (Phi) is 4.15. The van der Waals surface area contributed by atoms with Crippen LogP contribution in [0.1, 0.15) is 0 Å². The lowest BCUT2D eigenvalue weighted by molar-refractivity contribution is -0.130. The van der Waals surface area contributed by atoms with E-state index in [1.165, 1.54) is 12.1 Å². The summed E-state index contributed by atoms with van der Waals surface area (Å²) in [5.41, 5.74) is 0.637. The molecule has 0 spiro atoms. The lowest BCUT2D eigenvalue weighted by atomic mass is 10.3. The summed E-state index contributed by atoms with van der Waals surface area (Å²) in [5, 5.41) is 2.95. The van der Waals surface area contributed by atoms with Crippen molar-refractivity contribution in [1.82, 2.24) is 9.80 Å². The number of halogens is 1. The highest BCUT2D eigenvalue weighted by Crippen LogP contribution is 2.09. The van der Waals surface area contributed by atoms with Gasteiger partial charge >= 0.3 is 0 Å². The summed E-state index contributed by atoms with van der Waals surface area (Å²) in [6.07, 6.45) is 0. The number of piperazine rings is 1. The summed E-state index contributed by atoms with van der Waals surface area (Å²) in [7, 11) is 2.05. The minimum atomic E-state index is -0.299. The third kappa shape index (κ3) is 3.43. The Morgan fingerprint density at radius 2 is 2.06 bits per heavy atom. The van der Waals surface area contributed by atoms with E-state index in [9.17, 15) is 9.18 Å². The van der Waals surface area contributed by atoms with Gasteiger partial charge in [0.15, 0.2) is 0 Å². The molecule has 1 heterocycles. The second-order valence-electron chi connectivity index (χ2n) is 4.55. The van der Waals surface area contributed by atoms with Crippen LogP contribution in [0.5, 0.6) is 0 Å². The number of nitrogens with one attached hydrogen (secondary N) is 1. The summed E-state index contributed by atoms with van der Waals surface area (Å²) in [6, 6.07) is 6.14. The average molecular weight is 251 g/mol. The molecular weight excluding hydrogens is 233 g/mol. The van der Waals surface area contributed by atoms with Crippen LogP contribution in [-0.2, 0) is 4.79 Å². The zero-order valence-electron chi connectivity index (χ0n) is 10.5.